The zero-order chi connectivity index (χ0) is 17.3. The third kappa shape index (κ3) is 3.80. The second-order valence-corrected chi connectivity index (χ2v) is 6.23. The summed E-state index contributed by atoms with van der Waals surface area (Å²) in [6, 6.07) is 3.59. The Kier molecular flexibility index (Phi) is 4.67. The average Bonchev–Trinajstić information content (AvgIpc) is 3.12. The number of furan rings is 1. The second-order valence-electron chi connectivity index (χ2n) is 6.23. The van der Waals surface area contributed by atoms with Crippen molar-refractivity contribution in [2.75, 3.05) is 13.1 Å². The maximum absolute atomic E-state index is 12.7. The topological polar surface area (TPSA) is 47.1 Å². The molecule has 132 valence electrons. The maximum atomic E-state index is 12.7. The Morgan fingerprint density at radius 2 is 1.92 bits per heavy atom. The first kappa shape index (κ1) is 17.0. The van der Waals surface area contributed by atoms with Gasteiger partial charge >= 0.3 is 6.18 Å². The van der Waals surface area contributed by atoms with Gasteiger partial charge in [-0.3, -0.25) is 4.90 Å². The van der Waals surface area contributed by atoms with E-state index < -0.39 is 12.7 Å². The number of rotatable bonds is 4. The molecule has 0 spiro atoms. The van der Waals surface area contributed by atoms with Crippen LogP contribution in [0.2, 0.25) is 0 Å². The Bertz CT molecular complexity index is 686. The molecular weight excluding hydrogens is 321 g/mol. The summed E-state index contributed by atoms with van der Waals surface area (Å²) in [4.78, 5) is 6.43. The van der Waals surface area contributed by atoms with Crippen LogP contribution in [0.5, 0.6) is 0 Å². The van der Waals surface area contributed by atoms with Crippen LogP contribution < -0.4 is 0 Å². The lowest BCUT2D eigenvalue weighted by Gasteiger charge is -2.31. The standard InChI is InChI=1S/C16H21F3N4O/c1-11(22-8-4-3-5-9-22)13-6-7-14(24-13)15-20-12(2)21-23(15)10-16(17,18)19/h6-7,11H,3-5,8-10H2,1-2H3/t11-/m0/s1. The van der Waals surface area contributed by atoms with Crippen LogP contribution in [-0.2, 0) is 6.54 Å². The number of piperidine rings is 1. The quantitative estimate of drug-likeness (QED) is 0.844. The Morgan fingerprint density at radius 3 is 2.58 bits per heavy atom. The second kappa shape index (κ2) is 6.58. The molecule has 1 fully saturated rings. The SMILES string of the molecule is Cc1nc(-c2ccc([C@H](C)N3CCCCC3)o2)n(CC(F)(F)F)n1. The van der Waals surface area contributed by atoms with Gasteiger partial charge in [-0.05, 0) is 51.9 Å². The molecule has 1 aliphatic rings. The minimum absolute atomic E-state index is 0.0964. The van der Waals surface area contributed by atoms with Gasteiger partial charge in [-0.2, -0.15) is 18.3 Å². The van der Waals surface area contributed by atoms with Gasteiger partial charge in [-0.25, -0.2) is 9.67 Å². The highest BCUT2D eigenvalue weighted by atomic mass is 19.4. The van der Waals surface area contributed by atoms with Gasteiger partial charge in [-0.1, -0.05) is 6.42 Å². The van der Waals surface area contributed by atoms with Crippen molar-refractivity contribution < 1.29 is 17.6 Å². The normalized spacial score (nSPS) is 18.0. The number of hydrogen-bond acceptors (Lipinski definition) is 4. The van der Waals surface area contributed by atoms with E-state index in [2.05, 4.69) is 21.9 Å². The minimum Gasteiger partial charge on any atom is -0.456 e. The Hall–Kier alpha value is -1.83. The molecule has 1 atom stereocenters. The monoisotopic (exact) mass is 342 g/mol. The molecule has 0 radical (unpaired) electrons. The van der Waals surface area contributed by atoms with Crippen molar-refractivity contribution in [1.29, 1.82) is 0 Å². The molecule has 0 aliphatic carbocycles. The highest BCUT2D eigenvalue weighted by Gasteiger charge is 2.31. The molecule has 8 heteroatoms. The van der Waals surface area contributed by atoms with Crippen LogP contribution in [0.4, 0.5) is 13.2 Å². The van der Waals surface area contributed by atoms with E-state index in [0.29, 0.717) is 5.76 Å². The van der Waals surface area contributed by atoms with Gasteiger partial charge < -0.3 is 4.42 Å². The molecule has 3 heterocycles. The third-order valence-electron chi connectivity index (χ3n) is 4.30. The average molecular weight is 342 g/mol. The van der Waals surface area contributed by atoms with Crippen LogP contribution in [0.15, 0.2) is 16.5 Å². The van der Waals surface area contributed by atoms with Crippen molar-refractivity contribution in [2.24, 2.45) is 0 Å². The lowest BCUT2D eigenvalue weighted by atomic mass is 10.1. The maximum Gasteiger partial charge on any atom is 0.408 e. The Morgan fingerprint density at radius 1 is 1.21 bits per heavy atom. The van der Waals surface area contributed by atoms with Gasteiger partial charge in [-0.15, -0.1) is 0 Å². The van der Waals surface area contributed by atoms with E-state index >= 15 is 0 Å². The molecule has 0 saturated carbocycles. The van der Waals surface area contributed by atoms with Crippen molar-refractivity contribution >= 4 is 0 Å². The third-order valence-corrected chi connectivity index (χ3v) is 4.30. The number of nitrogens with zero attached hydrogens (tertiary/aromatic N) is 4. The van der Waals surface area contributed by atoms with E-state index in [1.54, 1.807) is 13.0 Å². The zero-order valence-corrected chi connectivity index (χ0v) is 13.8. The fourth-order valence-corrected chi connectivity index (χ4v) is 3.10. The van der Waals surface area contributed by atoms with Gasteiger partial charge in [0, 0.05) is 0 Å². The van der Waals surface area contributed by atoms with E-state index in [9.17, 15) is 13.2 Å². The molecule has 0 bridgehead atoms. The highest BCUT2D eigenvalue weighted by molar-refractivity contribution is 5.47. The number of aryl methyl sites for hydroxylation is 1. The molecule has 0 aromatic carbocycles. The van der Waals surface area contributed by atoms with Crippen molar-refractivity contribution in [3.05, 3.63) is 23.7 Å². The van der Waals surface area contributed by atoms with E-state index in [4.69, 9.17) is 4.42 Å². The van der Waals surface area contributed by atoms with Crippen LogP contribution in [-0.4, -0.2) is 38.9 Å². The number of hydrogen-bond donors (Lipinski definition) is 0. The lowest BCUT2D eigenvalue weighted by molar-refractivity contribution is -0.142. The van der Waals surface area contributed by atoms with E-state index in [0.717, 1.165) is 36.4 Å². The largest absolute Gasteiger partial charge is 0.456 e. The lowest BCUT2D eigenvalue weighted by Crippen LogP contribution is -2.32. The molecule has 0 unspecified atom stereocenters. The minimum atomic E-state index is -4.36. The van der Waals surface area contributed by atoms with Gasteiger partial charge in [0.25, 0.3) is 0 Å². The number of likely N-dealkylation sites (tertiary alicyclic amines) is 1. The van der Waals surface area contributed by atoms with Crippen LogP contribution in [0.25, 0.3) is 11.6 Å². The summed E-state index contributed by atoms with van der Waals surface area (Å²) in [5, 5.41) is 3.83. The summed E-state index contributed by atoms with van der Waals surface area (Å²) >= 11 is 0. The van der Waals surface area contributed by atoms with Gasteiger partial charge in [0.2, 0.25) is 0 Å². The molecule has 2 aromatic heterocycles. The molecule has 24 heavy (non-hydrogen) atoms. The molecule has 5 nitrogen and oxygen atoms in total. The molecular formula is C16H21F3N4O. The number of halogens is 3. The van der Waals surface area contributed by atoms with E-state index in [1.165, 1.54) is 6.42 Å². The molecule has 3 rings (SSSR count). The number of aromatic nitrogens is 3. The van der Waals surface area contributed by atoms with Crippen molar-refractivity contribution in [1.82, 2.24) is 19.7 Å². The fourth-order valence-electron chi connectivity index (χ4n) is 3.10. The van der Waals surface area contributed by atoms with Crippen molar-refractivity contribution in [2.45, 2.75) is 51.9 Å². The smallest absolute Gasteiger partial charge is 0.408 e. The van der Waals surface area contributed by atoms with E-state index in [1.807, 2.05) is 6.07 Å². The van der Waals surface area contributed by atoms with Gasteiger partial charge in [0.05, 0.1) is 6.04 Å². The molecule has 0 N–H and O–H groups in total. The number of alkyl halides is 3. The van der Waals surface area contributed by atoms with Crippen LogP contribution >= 0.6 is 0 Å². The predicted octanol–water partition coefficient (Wildman–Crippen LogP) is 3.96. The van der Waals surface area contributed by atoms with Gasteiger partial charge in [0.1, 0.15) is 18.1 Å². The summed E-state index contributed by atoms with van der Waals surface area (Å²) in [5.74, 6) is 1.46. The summed E-state index contributed by atoms with van der Waals surface area (Å²) in [6.07, 6.45) is -0.786. The summed E-state index contributed by atoms with van der Waals surface area (Å²) in [7, 11) is 0. The molecule has 0 amide bonds. The first-order valence-electron chi connectivity index (χ1n) is 8.16. The predicted molar refractivity (Wildman–Crippen MR) is 82.4 cm³/mol. The van der Waals surface area contributed by atoms with Crippen LogP contribution in [0.1, 0.15) is 43.8 Å². The summed E-state index contributed by atoms with van der Waals surface area (Å²) in [6.45, 7) is 4.47. The summed E-state index contributed by atoms with van der Waals surface area (Å²) in [5.41, 5.74) is 0. The van der Waals surface area contributed by atoms with Crippen molar-refractivity contribution in [3.8, 4) is 11.6 Å². The fraction of sp³-hybridized carbons (Fsp3) is 0.625. The van der Waals surface area contributed by atoms with Crippen LogP contribution in [0, 0.1) is 6.92 Å². The van der Waals surface area contributed by atoms with Crippen LogP contribution in [0.3, 0.4) is 0 Å². The molecule has 1 saturated heterocycles. The molecule has 2 aromatic rings. The first-order chi connectivity index (χ1) is 11.3. The summed E-state index contributed by atoms with van der Waals surface area (Å²) < 4.78 is 44.8. The highest BCUT2D eigenvalue weighted by Crippen LogP contribution is 2.30. The van der Waals surface area contributed by atoms with Gasteiger partial charge in [0.15, 0.2) is 11.6 Å². The Balaban J connectivity index is 1.83. The zero-order valence-electron chi connectivity index (χ0n) is 13.8. The first-order valence-corrected chi connectivity index (χ1v) is 8.16. The Labute approximate surface area is 138 Å². The molecule has 1 aliphatic heterocycles. The van der Waals surface area contributed by atoms with Crippen molar-refractivity contribution in [3.63, 3.8) is 0 Å². The van der Waals surface area contributed by atoms with E-state index in [-0.39, 0.29) is 17.7 Å².